The van der Waals surface area contributed by atoms with E-state index in [4.69, 9.17) is 33.8 Å². The minimum atomic E-state index is 0.339. The normalized spacial score (nSPS) is 10.2. The molecule has 0 fully saturated rings. The zero-order valence-corrected chi connectivity index (χ0v) is 10.9. The number of nitrogen functional groups attached to an aromatic ring is 1. The van der Waals surface area contributed by atoms with Gasteiger partial charge in [0.1, 0.15) is 18.2 Å². The smallest absolute Gasteiger partial charge is 0.146 e. The van der Waals surface area contributed by atoms with Crippen molar-refractivity contribution in [3.8, 4) is 5.75 Å². The predicted octanol–water partition coefficient (Wildman–Crippen LogP) is 3.25. The van der Waals surface area contributed by atoms with Gasteiger partial charge in [-0.1, -0.05) is 29.3 Å². The summed E-state index contributed by atoms with van der Waals surface area (Å²) in [5.41, 5.74) is 3.37. The van der Waals surface area contributed by atoms with Crippen LogP contribution in [0.5, 0.6) is 5.75 Å². The van der Waals surface area contributed by atoms with Gasteiger partial charge < -0.3 is 10.2 Å². The Bertz CT molecular complexity index is 549. The lowest BCUT2D eigenvalue weighted by atomic mass is 10.2. The average Bonchev–Trinajstić information content (AvgIpc) is 2.40. The van der Waals surface area contributed by atoms with Gasteiger partial charge >= 0.3 is 0 Å². The summed E-state index contributed by atoms with van der Waals surface area (Å²) in [6.07, 6.45) is 1.65. The summed E-state index contributed by atoms with van der Waals surface area (Å²) in [7, 11) is 0. The first-order valence-corrected chi connectivity index (χ1v) is 5.94. The molecule has 0 aliphatic heterocycles. The lowest BCUT2D eigenvalue weighted by Gasteiger charge is -2.10. The van der Waals surface area contributed by atoms with E-state index in [-0.39, 0.29) is 0 Å². The van der Waals surface area contributed by atoms with E-state index in [0.717, 1.165) is 5.56 Å². The first-order valence-electron chi connectivity index (χ1n) is 5.19. The summed E-state index contributed by atoms with van der Waals surface area (Å²) in [5, 5.41) is 0.951. The van der Waals surface area contributed by atoms with Gasteiger partial charge in [-0.25, -0.2) is 10.8 Å². The van der Waals surface area contributed by atoms with E-state index in [1.54, 1.807) is 24.4 Å². The maximum Gasteiger partial charge on any atom is 0.146 e. The van der Waals surface area contributed by atoms with Gasteiger partial charge in [-0.2, -0.15) is 0 Å². The number of anilines is 1. The Hall–Kier alpha value is -1.49. The zero-order valence-electron chi connectivity index (χ0n) is 9.36. The van der Waals surface area contributed by atoms with Crippen molar-refractivity contribution >= 4 is 29.0 Å². The zero-order chi connectivity index (χ0) is 13.0. The molecule has 4 nitrogen and oxygen atoms in total. The van der Waals surface area contributed by atoms with Gasteiger partial charge in [-0.3, -0.25) is 0 Å². The van der Waals surface area contributed by atoms with E-state index in [1.807, 2.05) is 12.1 Å². The molecule has 1 aromatic carbocycles. The lowest BCUT2D eigenvalue weighted by Crippen LogP contribution is -2.12. The lowest BCUT2D eigenvalue weighted by molar-refractivity contribution is 0.306. The highest BCUT2D eigenvalue weighted by molar-refractivity contribution is 6.42. The van der Waals surface area contributed by atoms with Crippen molar-refractivity contribution < 1.29 is 4.74 Å². The molecule has 6 heteroatoms. The maximum absolute atomic E-state index is 5.90. The first kappa shape index (κ1) is 13.0. The van der Waals surface area contributed by atoms with Crippen LogP contribution in [0.15, 0.2) is 36.5 Å². The Kier molecular flexibility index (Phi) is 4.25. The average molecular weight is 284 g/mol. The van der Waals surface area contributed by atoms with Crippen molar-refractivity contribution in [2.24, 2.45) is 5.84 Å². The molecular formula is C12H11Cl2N3O. The molecule has 1 heterocycles. The highest BCUT2D eigenvalue weighted by Gasteiger charge is 2.04. The summed E-state index contributed by atoms with van der Waals surface area (Å²) in [4.78, 5) is 4.08. The molecule has 0 unspecified atom stereocenters. The van der Waals surface area contributed by atoms with E-state index < -0.39 is 0 Å². The van der Waals surface area contributed by atoms with Gasteiger partial charge in [0.2, 0.25) is 0 Å². The van der Waals surface area contributed by atoms with Gasteiger partial charge in [0.05, 0.1) is 10.0 Å². The highest BCUT2D eigenvalue weighted by atomic mass is 35.5. The number of nitrogens with two attached hydrogens (primary N) is 1. The minimum Gasteiger partial charge on any atom is -0.489 e. The molecule has 0 aliphatic carbocycles. The molecule has 2 rings (SSSR count). The number of nitrogens with zero attached hydrogens (tertiary/aromatic N) is 1. The number of hydrazine groups is 1. The second-order valence-corrected chi connectivity index (χ2v) is 4.33. The number of benzene rings is 1. The predicted molar refractivity (Wildman–Crippen MR) is 72.8 cm³/mol. The Morgan fingerprint density at radius 1 is 1.22 bits per heavy atom. The van der Waals surface area contributed by atoms with Crippen LogP contribution in [-0.4, -0.2) is 4.98 Å². The van der Waals surface area contributed by atoms with Crippen LogP contribution in [0.3, 0.4) is 0 Å². The molecule has 2 aromatic rings. The van der Waals surface area contributed by atoms with Crippen LogP contribution in [-0.2, 0) is 6.61 Å². The first-order chi connectivity index (χ1) is 8.70. The Morgan fingerprint density at radius 2 is 2.06 bits per heavy atom. The van der Waals surface area contributed by atoms with Crippen LogP contribution in [0.2, 0.25) is 10.0 Å². The largest absolute Gasteiger partial charge is 0.489 e. The summed E-state index contributed by atoms with van der Waals surface area (Å²) < 4.78 is 5.59. The van der Waals surface area contributed by atoms with E-state index in [1.165, 1.54) is 0 Å². The van der Waals surface area contributed by atoms with Crippen molar-refractivity contribution in [2.75, 3.05) is 5.43 Å². The van der Waals surface area contributed by atoms with Crippen LogP contribution < -0.4 is 16.0 Å². The maximum atomic E-state index is 5.90. The van der Waals surface area contributed by atoms with Crippen LogP contribution in [0, 0.1) is 0 Å². The third-order valence-corrected chi connectivity index (χ3v) is 3.05. The number of nitrogens with one attached hydrogen (secondary N) is 1. The van der Waals surface area contributed by atoms with Crippen LogP contribution in [0.4, 0.5) is 5.82 Å². The Balaban J connectivity index is 2.09. The van der Waals surface area contributed by atoms with Gasteiger partial charge in [0.25, 0.3) is 0 Å². The number of hydrogen-bond acceptors (Lipinski definition) is 4. The highest BCUT2D eigenvalue weighted by Crippen LogP contribution is 2.27. The molecule has 0 saturated carbocycles. The van der Waals surface area contributed by atoms with Crippen LogP contribution in [0.1, 0.15) is 5.56 Å². The van der Waals surface area contributed by atoms with Crippen molar-refractivity contribution in [2.45, 2.75) is 6.61 Å². The molecule has 0 radical (unpaired) electrons. The molecular weight excluding hydrogens is 273 g/mol. The van der Waals surface area contributed by atoms with Gasteiger partial charge in [0, 0.05) is 17.8 Å². The molecule has 94 valence electrons. The van der Waals surface area contributed by atoms with E-state index in [9.17, 15) is 0 Å². The van der Waals surface area contributed by atoms with Gasteiger partial charge in [0.15, 0.2) is 0 Å². The van der Waals surface area contributed by atoms with Crippen molar-refractivity contribution in [1.29, 1.82) is 0 Å². The summed E-state index contributed by atoms with van der Waals surface area (Å²) in [5.74, 6) is 6.57. The van der Waals surface area contributed by atoms with Crippen molar-refractivity contribution in [3.05, 3.63) is 52.1 Å². The topological polar surface area (TPSA) is 60.2 Å². The van der Waals surface area contributed by atoms with Crippen molar-refractivity contribution in [3.63, 3.8) is 0 Å². The molecule has 0 aliphatic rings. The third kappa shape index (κ3) is 3.04. The monoisotopic (exact) mass is 283 g/mol. The third-order valence-electron chi connectivity index (χ3n) is 2.31. The fraction of sp³-hybridized carbons (Fsp3) is 0.0833. The number of rotatable bonds is 4. The summed E-state index contributed by atoms with van der Waals surface area (Å²) in [6, 6.07) is 8.79. The summed E-state index contributed by atoms with van der Waals surface area (Å²) >= 11 is 11.7. The fourth-order valence-corrected chi connectivity index (χ4v) is 1.70. The molecule has 0 saturated heterocycles. The second kappa shape index (κ2) is 5.91. The van der Waals surface area contributed by atoms with Crippen LogP contribution >= 0.6 is 23.2 Å². The van der Waals surface area contributed by atoms with E-state index in [0.29, 0.717) is 28.2 Å². The Labute approximate surface area is 115 Å². The molecule has 18 heavy (non-hydrogen) atoms. The van der Waals surface area contributed by atoms with E-state index in [2.05, 4.69) is 10.4 Å². The number of ether oxygens (including phenoxy) is 1. The fourth-order valence-electron chi connectivity index (χ4n) is 1.41. The molecule has 0 bridgehead atoms. The Morgan fingerprint density at radius 3 is 2.78 bits per heavy atom. The number of pyridine rings is 1. The molecule has 0 atom stereocenters. The van der Waals surface area contributed by atoms with Crippen molar-refractivity contribution in [1.82, 2.24) is 4.98 Å². The molecule has 0 amide bonds. The molecule has 3 N–H and O–H groups in total. The molecule has 1 aromatic heterocycles. The van der Waals surface area contributed by atoms with Gasteiger partial charge in [-0.05, 0) is 18.2 Å². The second-order valence-electron chi connectivity index (χ2n) is 3.52. The SMILES string of the molecule is NNc1ncccc1COc1ccc(Cl)c(Cl)c1. The molecule has 0 spiro atoms. The number of halogens is 2. The summed E-state index contributed by atoms with van der Waals surface area (Å²) in [6.45, 7) is 0.339. The minimum absolute atomic E-state index is 0.339. The standard InChI is InChI=1S/C12H11Cl2N3O/c13-10-4-3-9(6-11(10)14)18-7-8-2-1-5-16-12(8)17-15/h1-6H,7,15H2,(H,16,17). The number of aromatic nitrogens is 1. The number of hydrogen-bond donors (Lipinski definition) is 2. The van der Waals surface area contributed by atoms with Crippen LogP contribution in [0.25, 0.3) is 0 Å². The van der Waals surface area contributed by atoms with E-state index >= 15 is 0 Å². The van der Waals surface area contributed by atoms with Gasteiger partial charge in [-0.15, -0.1) is 0 Å². The quantitative estimate of drug-likeness (QED) is 0.668.